The summed E-state index contributed by atoms with van der Waals surface area (Å²) >= 11 is 0. The smallest absolute Gasteiger partial charge is 0.271 e. The Balaban J connectivity index is 2.03. The maximum atomic E-state index is 12.4. The molecule has 1 fully saturated rings. The first-order chi connectivity index (χ1) is 12.0. The normalized spacial score (nSPS) is 16.9. The van der Waals surface area contributed by atoms with Crippen molar-refractivity contribution in [2.24, 2.45) is 0 Å². The number of nitrogens with zero attached hydrogens (tertiary/aromatic N) is 3. The van der Waals surface area contributed by atoms with Crippen LogP contribution in [0.1, 0.15) is 40.9 Å². The number of aliphatic hydroxyl groups excluding tert-OH is 1. The fourth-order valence-electron chi connectivity index (χ4n) is 3.37. The first-order valence-electron chi connectivity index (χ1n) is 8.50. The van der Waals surface area contributed by atoms with Crippen molar-refractivity contribution in [3.05, 3.63) is 56.6 Å². The number of aryl methyl sites for hydroxylation is 2. The molecule has 2 aromatic rings. The quantitative estimate of drug-likeness (QED) is 0.887. The van der Waals surface area contributed by atoms with Gasteiger partial charge in [0.2, 0.25) is 0 Å². The summed E-state index contributed by atoms with van der Waals surface area (Å²) in [5, 5.41) is 18.9. The van der Waals surface area contributed by atoms with E-state index in [0.29, 0.717) is 24.6 Å². The molecule has 25 heavy (non-hydrogen) atoms. The lowest BCUT2D eigenvalue weighted by Gasteiger charge is -2.25. The van der Waals surface area contributed by atoms with Crippen molar-refractivity contribution < 1.29 is 5.11 Å². The van der Waals surface area contributed by atoms with Crippen LogP contribution in [0.2, 0.25) is 0 Å². The van der Waals surface area contributed by atoms with Crippen molar-refractivity contribution in [2.45, 2.75) is 39.2 Å². The van der Waals surface area contributed by atoms with E-state index in [2.05, 4.69) is 28.2 Å². The molecule has 0 unspecified atom stereocenters. The molecule has 6 heteroatoms. The summed E-state index contributed by atoms with van der Waals surface area (Å²) in [6.07, 6.45) is 2.25. The molecule has 0 radical (unpaired) electrons. The highest BCUT2D eigenvalue weighted by Gasteiger charge is 2.28. The largest absolute Gasteiger partial charge is 0.394 e. The average molecular weight is 338 g/mol. The van der Waals surface area contributed by atoms with Gasteiger partial charge in [-0.25, -0.2) is 4.98 Å². The SMILES string of the molecule is Cc1ccc(C)c(Cc2nc(N3CCC[C@H]3CO)c(C#N)c(=O)[nH]2)c1. The molecule has 0 bridgehead atoms. The highest BCUT2D eigenvalue weighted by atomic mass is 16.3. The average Bonchev–Trinajstić information content (AvgIpc) is 3.06. The lowest BCUT2D eigenvalue weighted by molar-refractivity contribution is 0.266. The number of aromatic amines is 1. The highest BCUT2D eigenvalue weighted by Crippen LogP contribution is 2.25. The van der Waals surface area contributed by atoms with Crippen LogP contribution >= 0.6 is 0 Å². The fourth-order valence-corrected chi connectivity index (χ4v) is 3.37. The van der Waals surface area contributed by atoms with E-state index < -0.39 is 5.56 Å². The molecular weight excluding hydrogens is 316 g/mol. The molecule has 1 aromatic heterocycles. The van der Waals surface area contributed by atoms with E-state index in [1.165, 1.54) is 0 Å². The lowest BCUT2D eigenvalue weighted by Crippen LogP contribution is -2.35. The number of anilines is 1. The fraction of sp³-hybridized carbons (Fsp3) is 0.421. The van der Waals surface area contributed by atoms with Gasteiger partial charge in [-0.3, -0.25) is 4.79 Å². The summed E-state index contributed by atoms with van der Waals surface area (Å²) in [5.41, 5.74) is 2.98. The minimum atomic E-state index is -0.420. The van der Waals surface area contributed by atoms with Crippen molar-refractivity contribution in [3.8, 4) is 6.07 Å². The summed E-state index contributed by atoms with van der Waals surface area (Å²) in [6.45, 7) is 4.74. The third-order valence-corrected chi connectivity index (χ3v) is 4.78. The van der Waals surface area contributed by atoms with Gasteiger partial charge in [0.25, 0.3) is 5.56 Å². The van der Waals surface area contributed by atoms with Crippen LogP contribution in [0.15, 0.2) is 23.0 Å². The monoisotopic (exact) mass is 338 g/mol. The predicted octanol–water partition coefficient (Wildman–Crippen LogP) is 1.81. The van der Waals surface area contributed by atoms with Crippen molar-refractivity contribution in [2.75, 3.05) is 18.1 Å². The number of aromatic nitrogens is 2. The Morgan fingerprint density at radius 1 is 1.44 bits per heavy atom. The van der Waals surface area contributed by atoms with Crippen molar-refractivity contribution >= 4 is 5.82 Å². The minimum Gasteiger partial charge on any atom is -0.394 e. The summed E-state index contributed by atoms with van der Waals surface area (Å²) < 4.78 is 0. The second-order valence-electron chi connectivity index (χ2n) is 6.60. The van der Waals surface area contributed by atoms with E-state index in [9.17, 15) is 15.2 Å². The van der Waals surface area contributed by atoms with E-state index in [-0.39, 0.29) is 18.2 Å². The molecule has 1 aliphatic rings. The second kappa shape index (κ2) is 7.08. The van der Waals surface area contributed by atoms with Gasteiger partial charge in [-0.1, -0.05) is 23.8 Å². The molecule has 130 valence electrons. The van der Waals surface area contributed by atoms with Crippen molar-refractivity contribution in [3.63, 3.8) is 0 Å². The number of nitriles is 1. The topological polar surface area (TPSA) is 93.0 Å². The number of hydrogen-bond acceptors (Lipinski definition) is 5. The maximum Gasteiger partial charge on any atom is 0.271 e. The molecule has 0 amide bonds. The molecule has 1 atom stereocenters. The van der Waals surface area contributed by atoms with Gasteiger partial charge < -0.3 is 15.0 Å². The zero-order valence-electron chi connectivity index (χ0n) is 14.5. The second-order valence-corrected chi connectivity index (χ2v) is 6.60. The Hall–Kier alpha value is -2.65. The molecule has 6 nitrogen and oxygen atoms in total. The van der Waals surface area contributed by atoms with Gasteiger partial charge >= 0.3 is 0 Å². The molecule has 1 aliphatic heterocycles. The molecule has 1 saturated heterocycles. The number of rotatable bonds is 4. The summed E-state index contributed by atoms with van der Waals surface area (Å²) in [5.74, 6) is 0.930. The molecule has 1 aromatic carbocycles. The number of hydrogen-bond donors (Lipinski definition) is 2. The van der Waals surface area contributed by atoms with Gasteiger partial charge in [0.15, 0.2) is 11.4 Å². The molecule has 0 spiro atoms. The Morgan fingerprint density at radius 2 is 2.24 bits per heavy atom. The highest BCUT2D eigenvalue weighted by molar-refractivity contribution is 5.54. The standard InChI is InChI=1S/C19H22N4O2/c1-12-5-6-13(2)14(8-12)9-17-21-18(16(10-20)19(25)22-17)23-7-3-4-15(23)11-24/h5-6,8,15,24H,3-4,7,9,11H2,1-2H3,(H,21,22,25)/t15-/m0/s1. The number of H-pyrrole nitrogens is 1. The molecule has 3 rings (SSSR count). The van der Waals surface area contributed by atoms with E-state index in [4.69, 9.17) is 0 Å². The van der Waals surface area contributed by atoms with Gasteiger partial charge in [0, 0.05) is 13.0 Å². The van der Waals surface area contributed by atoms with Gasteiger partial charge in [-0.2, -0.15) is 5.26 Å². The summed E-state index contributed by atoms with van der Waals surface area (Å²) in [6, 6.07) is 8.06. The predicted molar refractivity (Wildman–Crippen MR) is 95.7 cm³/mol. The molecule has 0 saturated carbocycles. The third kappa shape index (κ3) is 3.42. The third-order valence-electron chi connectivity index (χ3n) is 4.78. The van der Waals surface area contributed by atoms with E-state index in [1.807, 2.05) is 24.8 Å². The summed E-state index contributed by atoms with van der Waals surface area (Å²) in [4.78, 5) is 21.6. The van der Waals surface area contributed by atoms with Gasteiger partial charge in [0.1, 0.15) is 11.9 Å². The van der Waals surface area contributed by atoms with E-state index in [0.717, 1.165) is 29.5 Å². The zero-order valence-corrected chi connectivity index (χ0v) is 14.5. The molecule has 2 N–H and O–H groups in total. The molecule has 2 heterocycles. The van der Waals surface area contributed by atoms with Crippen LogP contribution in [0.5, 0.6) is 0 Å². The van der Waals surface area contributed by atoms with Crippen molar-refractivity contribution in [1.29, 1.82) is 5.26 Å². The lowest BCUT2D eigenvalue weighted by atomic mass is 10.0. The molecular formula is C19H22N4O2. The Labute approximate surface area is 146 Å². The summed E-state index contributed by atoms with van der Waals surface area (Å²) in [7, 11) is 0. The maximum absolute atomic E-state index is 12.4. The van der Waals surface area contributed by atoms with Gasteiger partial charge in [-0.15, -0.1) is 0 Å². The first kappa shape index (κ1) is 17.2. The van der Waals surface area contributed by atoms with E-state index >= 15 is 0 Å². The minimum absolute atomic E-state index is 0.00826. The van der Waals surface area contributed by atoms with Crippen LogP contribution in [0.4, 0.5) is 5.82 Å². The number of benzene rings is 1. The van der Waals surface area contributed by atoms with Gasteiger partial charge in [0.05, 0.1) is 12.6 Å². The number of nitrogens with one attached hydrogen (secondary N) is 1. The van der Waals surface area contributed by atoms with Crippen LogP contribution in [0.3, 0.4) is 0 Å². The Morgan fingerprint density at radius 3 is 2.96 bits per heavy atom. The Bertz CT molecular complexity index is 882. The van der Waals surface area contributed by atoms with Crippen LogP contribution < -0.4 is 10.5 Å². The van der Waals surface area contributed by atoms with Crippen LogP contribution in [-0.2, 0) is 6.42 Å². The Kier molecular flexibility index (Phi) is 4.86. The van der Waals surface area contributed by atoms with Crippen LogP contribution in [0.25, 0.3) is 0 Å². The van der Waals surface area contributed by atoms with Gasteiger partial charge in [-0.05, 0) is 37.8 Å². The van der Waals surface area contributed by atoms with Crippen LogP contribution in [0, 0.1) is 25.2 Å². The zero-order chi connectivity index (χ0) is 18.0. The molecule has 0 aliphatic carbocycles. The number of aliphatic hydroxyl groups is 1. The van der Waals surface area contributed by atoms with Crippen LogP contribution in [-0.4, -0.2) is 34.3 Å². The van der Waals surface area contributed by atoms with Crippen molar-refractivity contribution in [1.82, 2.24) is 9.97 Å². The first-order valence-corrected chi connectivity index (χ1v) is 8.50. The van der Waals surface area contributed by atoms with E-state index in [1.54, 1.807) is 0 Å².